The van der Waals surface area contributed by atoms with Crippen molar-refractivity contribution in [2.75, 3.05) is 13.6 Å². The highest BCUT2D eigenvalue weighted by Gasteiger charge is 2.20. The molecule has 13 heavy (non-hydrogen) atoms. The molecule has 1 heterocycles. The van der Waals surface area contributed by atoms with Crippen molar-refractivity contribution in [2.24, 2.45) is 5.92 Å². The highest BCUT2D eigenvalue weighted by Crippen LogP contribution is 2.17. The quantitative estimate of drug-likeness (QED) is 0.684. The van der Waals surface area contributed by atoms with Crippen molar-refractivity contribution in [3.05, 3.63) is 0 Å². The zero-order valence-corrected chi connectivity index (χ0v) is 8.60. The number of hydrogen-bond acceptors (Lipinski definition) is 2. The van der Waals surface area contributed by atoms with Crippen molar-refractivity contribution >= 4 is 5.91 Å². The molecule has 1 aliphatic heterocycles. The number of nitrogens with one attached hydrogen (secondary N) is 2. The Morgan fingerprint density at radius 3 is 2.92 bits per heavy atom. The van der Waals surface area contributed by atoms with Crippen LogP contribution in [0.2, 0.25) is 0 Å². The van der Waals surface area contributed by atoms with Crippen molar-refractivity contribution in [1.29, 1.82) is 0 Å². The second-order valence-corrected chi connectivity index (χ2v) is 3.91. The van der Waals surface area contributed by atoms with Crippen LogP contribution in [0.3, 0.4) is 0 Å². The molecule has 2 N–H and O–H groups in total. The van der Waals surface area contributed by atoms with Crippen LogP contribution in [-0.2, 0) is 4.79 Å². The normalized spacial score (nSPS) is 25.2. The third-order valence-corrected chi connectivity index (χ3v) is 2.82. The Hall–Kier alpha value is -0.570. The molecule has 0 bridgehead atoms. The van der Waals surface area contributed by atoms with E-state index in [0.717, 1.165) is 6.54 Å². The fourth-order valence-corrected chi connectivity index (χ4v) is 1.90. The number of piperidine rings is 1. The minimum absolute atomic E-state index is 0.153. The molecule has 1 saturated heterocycles. The molecule has 0 aromatic rings. The first-order chi connectivity index (χ1) is 6.24. The largest absolute Gasteiger partial charge is 0.359 e. The van der Waals surface area contributed by atoms with Crippen LogP contribution in [0.5, 0.6) is 0 Å². The maximum absolute atomic E-state index is 11.1. The molecular formula is C10H20N2O. The maximum Gasteiger partial charge on any atom is 0.220 e. The molecule has 1 rings (SSSR count). The van der Waals surface area contributed by atoms with Gasteiger partial charge in [0.2, 0.25) is 5.91 Å². The summed E-state index contributed by atoms with van der Waals surface area (Å²) >= 11 is 0. The van der Waals surface area contributed by atoms with Gasteiger partial charge in [-0.2, -0.15) is 0 Å². The van der Waals surface area contributed by atoms with Gasteiger partial charge in [0.25, 0.3) is 0 Å². The van der Waals surface area contributed by atoms with Gasteiger partial charge >= 0.3 is 0 Å². The van der Waals surface area contributed by atoms with Gasteiger partial charge in [-0.3, -0.25) is 4.79 Å². The highest BCUT2D eigenvalue weighted by atomic mass is 16.1. The van der Waals surface area contributed by atoms with Gasteiger partial charge in [-0.25, -0.2) is 0 Å². The van der Waals surface area contributed by atoms with E-state index in [-0.39, 0.29) is 5.91 Å². The Morgan fingerprint density at radius 1 is 1.62 bits per heavy atom. The zero-order valence-electron chi connectivity index (χ0n) is 8.60. The molecule has 0 aromatic carbocycles. The summed E-state index contributed by atoms with van der Waals surface area (Å²) in [5.41, 5.74) is 0. The molecule has 3 nitrogen and oxygen atoms in total. The van der Waals surface area contributed by atoms with Gasteiger partial charge in [-0.05, 0) is 25.3 Å². The first-order valence-electron chi connectivity index (χ1n) is 5.18. The lowest BCUT2D eigenvalue weighted by Gasteiger charge is -2.28. The van der Waals surface area contributed by atoms with Crippen LogP contribution in [0, 0.1) is 5.92 Å². The van der Waals surface area contributed by atoms with Crippen molar-refractivity contribution < 1.29 is 4.79 Å². The average Bonchev–Trinajstić information content (AvgIpc) is 2.19. The van der Waals surface area contributed by atoms with E-state index < -0.39 is 0 Å². The van der Waals surface area contributed by atoms with E-state index in [1.807, 2.05) is 0 Å². The van der Waals surface area contributed by atoms with Gasteiger partial charge in [0.1, 0.15) is 0 Å². The molecule has 0 saturated carbocycles. The molecule has 0 radical (unpaired) electrons. The lowest BCUT2D eigenvalue weighted by atomic mass is 9.91. The molecule has 1 aliphatic rings. The molecule has 0 aromatic heterocycles. The predicted octanol–water partition coefficient (Wildman–Crippen LogP) is 0.901. The molecular weight excluding hydrogens is 164 g/mol. The van der Waals surface area contributed by atoms with E-state index >= 15 is 0 Å². The predicted molar refractivity (Wildman–Crippen MR) is 53.5 cm³/mol. The van der Waals surface area contributed by atoms with E-state index in [1.165, 1.54) is 19.3 Å². The van der Waals surface area contributed by atoms with Gasteiger partial charge in [-0.1, -0.05) is 13.3 Å². The first-order valence-corrected chi connectivity index (χ1v) is 5.18. The second kappa shape index (κ2) is 5.22. The zero-order chi connectivity index (χ0) is 9.68. The van der Waals surface area contributed by atoms with Crippen LogP contribution in [0.4, 0.5) is 0 Å². The van der Waals surface area contributed by atoms with E-state index in [4.69, 9.17) is 0 Å². The Balaban J connectivity index is 2.28. The Morgan fingerprint density at radius 2 is 2.38 bits per heavy atom. The SMILES string of the molecule is CNC(=O)C[C@@H](C)[C@@H]1CCCCN1. The van der Waals surface area contributed by atoms with Crippen LogP contribution in [-0.4, -0.2) is 25.5 Å². The first kappa shape index (κ1) is 10.5. The molecule has 1 fully saturated rings. The van der Waals surface area contributed by atoms with E-state index in [2.05, 4.69) is 17.6 Å². The lowest BCUT2D eigenvalue weighted by molar-refractivity contribution is -0.121. The molecule has 0 spiro atoms. The number of hydrogen-bond donors (Lipinski definition) is 2. The van der Waals surface area contributed by atoms with Crippen molar-refractivity contribution in [3.8, 4) is 0 Å². The summed E-state index contributed by atoms with van der Waals surface area (Å²) in [5, 5.41) is 6.14. The standard InChI is InChI=1S/C10H20N2O/c1-8(7-10(13)11-2)9-5-3-4-6-12-9/h8-9,12H,3-7H2,1-2H3,(H,11,13)/t8-,9+/m1/s1. The Kier molecular flexibility index (Phi) is 4.22. The van der Waals surface area contributed by atoms with Gasteiger partial charge in [-0.15, -0.1) is 0 Å². The third-order valence-electron chi connectivity index (χ3n) is 2.82. The molecule has 76 valence electrons. The summed E-state index contributed by atoms with van der Waals surface area (Å²) in [4.78, 5) is 11.1. The van der Waals surface area contributed by atoms with Crippen molar-refractivity contribution in [2.45, 2.75) is 38.6 Å². The average molecular weight is 184 g/mol. The summed E-state index contributed by atoms with van der Waals surface area (Å²) in [6, 6.07) is 0.547. The number of rotatable bonds is 3. The van der Waals surface area contributed by atoms with Crippen molar-refractivity contribution in [3.63, 3.8) is 0 Å². The fraction of sp³-hybridized carbons (Fsp3) is 0.900. The number of carbonyl (C=O) groups is 1. The number of amides is 1. The molecule has 3 heteroatoms. The van der Waals surface area contributed by atoms with Gasteiger partial charge < -0.3 is 10.6 Å². The molecule has 1 amide bonds. The minimum Gasteiger partial charge on any atom is -0.359 e. The van der Waals surface area contributed by atoms with Crippen LogP contribution >= 0.6 is 0 Å². The molecule has 2 atom stereocenters. The Bertz CT molecular complexity index is 164. The van der Waals surface area contributed by atoms with Crippen LogP contribution in [0.25, 0.3) is 0 Å². The summed E-state index contributed by atoms with van der Waals surface area (Å²) in [6.45, 7) is 3.26. The van der Waals surface area contributed by atoms with Gasteiger partial charge in [0, 0.05) is 19.5 Å². The second-order valence-electron chi connectivity index (χ2n) is 3.91. The highest BCUT2D eigenvalue weighted by molar-refractivity contribution is 5.75. The topological polar surface area (TPSA) is 41.1 Å². The fourth-order valence-electron chi connectivity index (χ4n) is 1.90. The minimum atomic E-state index is 0.153. The summed E-state index contributed by atoms with van der Waals surface area (Å²) in [6.07, 6.45) is 4.45. The van der Waals surface area contributed by atoms with E-state index in [0.29, 0.717) is 18.4 Å². The lowest BCUT2D eigenvalue weighted by Crippen LogP contribution is -2.40. The van der Waals surface area contributed by atoms with Crippen molar-refractivity contribution in [1.82, 2.24) is 10.6 Å². The molecule has 0 aliphatic carbocycles. The smallest absolute Gasteiger partial charge is 0.220 e. The number of carbonyl (C=O) groups excluding carboxylic acids is 1. The molecule has 0 unspecified atom stereocenters. The van der Waals surface area contributed by atoms with Crippen LogP contribution in [0.15, 0.2) is 0 Å². The van der Waals surface area contributed by atoms with E-state index in [9.17, 15) is 4.79 Å². The monoisotopic (exact) mass is 184 g/mol. The summed E-state index contributed by atoms with van der Waals surface area (Å²) in [5.74, 6) is 0.611. The van der Waals surface area contributed by atoms with Gasteiger partial charge in [0.05, 0.1) is 0 Å². The Labute approximate surface area is 80.3 Å². The van der Waals surface area contributed by atoms with E-state index in [1.54, 1.807) is 7.05 Å². The maximum atomic E-state index is 11.1. The summed E-state index contributed by atoms with van der Waals surface area (Å²) < 4.78 is 0. The van der Waals surface area contributed by atoms with Crippen LogP contribution < -0.4 is 10.6 Å². The van der Waals surface area contributed by atoms with Gasteiger partial charge in [0.15, 0.2) is 0 Å². The third kappa shape index (κ3) is 3.35. The van der Waals surface area contributed by atoms with Crippen LogP contribution in [0.1, 0.15) is 32.6 Å². The summed E-state index contributed by atoms with van der Waals surface area (Å²) in [7, 11) is 1.70.